The molecule has 0 saturated carbocycles. The Bertz CT molecular complexity index is 678. The van der Waals surface area contributed by atoms with Gasteiger partial charge in [-0.3, -0.25) is 4.79 Å². The number of aryl methyl sites for hydroxylation is 2. The van der Waals surface area contributed by atoms with Crippen molar-refractivity contribution in [1.29, 1.82) is 0 Å². The van der Waals surface area contributed by atoms with E-state index in [1.807, 2.05) is 13.0 Å². The lowest BCUT2D eigenvalue weighted by Crippen LogP contribution is -2.37. The Morgan fingerprint density at radius 3 is 2.83 bits per heavy atom. The van der Waals surface area contributed by atoms with Crippen molar-refractivity contribution >= 4 is 5.91 Å². The lowest BCUT2D eigenvalue weighted by atomic mass is 9.88. The van der Waals surface area contributed by atoms with E-state index < -0.39 is 0 Å². The number of hydrogen-bond acceptors (Lipinski definition) is 4. The molecule has 2 atom stereocenters. The number of nitrogens with zero attached hydrogens (tertiary/aromatic N) is 1. The van der Waals surface area contributed by atoms with E-state index in [2.05, 4.69) is 41.7 Å². The number of carbonyl (C=O) groups excluding carboxylic acids is 1. The van der Waals surface area contributed by atoms with Crippen molar-refractivity contribution < 1.29 is 14.1 Å². The molecule has 1 fully saturated rings. The van der Waals surface area contributed by atoms with Gasteiger partial charge in [0.25, 0.3) is 0 Å². The molecule has 1 N–H and O–H groups in total. The standard InChI is InChI=1S/C19H24N2O3/c1-3-15-11-16(24-21-15)12-20-19(22)17-5-4-10-23-18(17)14-8-6-13(2)7-9-14/h6-9,11,17-18H,3-5,10,12H2,1-2H3,(H,20,22)/t17-,18-/m1/s1. The van der Waals surface area contributed by atoms with E-state index >= 15 is 0 Å². The highest BCUT2D eigenvalue weighted by Crippen LogP contribution is 2.34. The van der Waals surface area contributed by atoms with Gasteiger partial charge < -0.3 is 14.6 Å². The molecule has 1 aromatic heterocycles. The minimum Gasteiger partial charge on any atom is -0.373 e. The van der Waals surface area contributed by atoms with Gasteiger partial charge in [0.1, 0.15) is 0 Å². The summed E-state index contributed by atoms with van der Waals surface area (Å²) in [6.07, 6.45) is 2.38. The van der Waals surface area contributed by atoms with Crippen molar-refractivity contribution in [2.24, 2.45) is 5.92 Å². The normalized spacial score (nSPS) is 20.8. The second-order valence-corrected chi connectivity index (χ2v) is 6.31. The SMILES string of the molecule is CCc1cc(CNC(=O)[C@@H]2CCCO[C@@H]2c2ccc(C)cc2)on1. The summed E-state index contributed by atoms with van der Waals surface area (Å²) in [6, 6.07) is 10.1. The maximum atomic E-state index is 12.6. The zero-order chi connectivity index (χ0) is 16.9. The van der Waals surface area contributed by atoms with Crippen LogP contribution in [0.5, 0.6) is 0 Å². The quantitative estimate of drug-likeness (QED) is 0.914. The van der Waals surface area contributed by atoms with E-state index in [1.54, 1.807) is 0 Å². The summed E-state index contributed by atoms with van der Waals surface area (Å²) >= 11 is 0. The number of aromatic nitrogens is 1. The predicted octanol–water partition coefficient (Wildman–Crippen LogP) is 3.33. The summed E-state index contributed by atoms with van der Waals surface area (Å²) in [5, 5.41) is 6.91. The highest BCUT2D eigenvalue weighted by Gasteiger charge is 2.33. The molecule has 24 heavy (non-hydrogen) atoms. The molecule has 1 aromatic carbocycles. The van der Waals surface area contributed by atoms with Gasteiger partial charge in [0, 0.05) is 12.7 Å². The smallest absolute Gasteiger partial charge is 0.226 e. The van der Waals surface area contributed by atoms with Crippen LogP contribution in [0.1, 0.15) is 48.5 Å². The predicted molar refractivity (Wildman–Crippen MR) is 90.3 cm³/mol. The highest BCUT2D eigenvalue weighted by atomic mass is 16.5. The lowest BCUT2D eigenvalue weighted by Gasteiger charge is -2.31. The third-order valence-electron chi connectivity index (χ3n) is 4.47. The molecule has 1 amide bonds. The first-order chi connectivity index (χ1) is 11.7. The van der Waals surface area contributed by atoms with Crippen LogP contribution < -0.4 is 5.32 Å². The number of benzene rings is 1. The average Bonchev–Trinajstić information content (AvgIpc) is 3.08. The fraction of sp³-hybridized carbons (Fsp3) is 0.474. The first-order valence-electron chi connectivity index (χ1n) is 8.57. The Hall–Kier alpha value is -2.14. The van der Waals surface area contributed by atoms with E-state index in [1.165, 1.54) is 5.56 Å². The van der Waals surface area contributed by atoms with E-state index in [4.69, 9.17) is 9.26 Å². The third-order valence-corrected chi connectivity index (χ3v) is 4.47. The van der Waals surface area contributed by atoms with E-state index in [0.717, 1.165) is 30.5 Å². The monoisotopic (exact) mass is 328 g/mol. The molecule has 1 aliphatic heterocycles. The molecule has 3 rings (SSSR count). The molecule has 0 aliphatic carbocycles. The largest absolute Gasteiger partial charge is 0.373 e. The third kappa shape index (κ3) is 3.85. The first-order valence-corrected chi connectivity index (χ1v) is 8.57. The molecule has 1 aliphatic rings. The molecule has 0 radical (unpaired) electrons. The number of hydrogen-bond donors (Lipinski definition) is 1. The fourth-order valence-corrected chi connectivity index (χ4v) is 3.05. The number of ether oxygens (including phenoxy) is 1. The molecule has 5 nitrogen and oxygen atoms in total. The van der Waals surface area contributed by atoms with Crippen LogP contribution in [-0.4, -0.2) is 17.7 Å². The van der Waals surface area contributed by atoms with Crippen molar-refractivity contribution in [3.63, 3.8) is 0 Å². The number of amides is 1. The Balaban J connectivity index is 1.65. The molecular formula is C19H24N2O3. The summed E-state index contributed by atoms with van der Waals surface area (Å²) in [5.41, 5.74) is 3.17. The van der Waals surface area contributed by atoms with Gasteiger partial charge in [-0.05, 0) is 31.7 Å². The number of rotatable bonds is 5. The molecular weight excluding hydrogens is 304 g/mol. The maximum Gasteiger partial charge on any atom is 0.226 e. The second-order valence-electron chi connectivity index (χ2n) is 6.31. The fourth-order valence-electron chi connectivity index (χ4n) is 3.05. The van der Waals surface area contributed by atoms with Crippen LogP contribution in [0.3, 0.4) is 0 Å². The van der Waals surface area contributed by atoms with Crippen molar-refractivity contribution in [2.75, 3.05) is 6.61 Å². The topological polar surface area (TPSA) is 64.4 Å². The molecule has 128 valence electrons. The minimum atomic E-state index is -0.180. The summed E-state index contributed by atoms with van der Waals surface area (Å²) in [6.45, 7) is 5.14. The summed E-state index contributed by atoms with van der Waals surface area (Å²) in [7, 11) is 0. The molecule has 5 heteroatoms. The second kappa shape index (κ2) is 7.62. The van der Waals surface area contributed by atoms with Gasteiger partial charge in [0.15, 0.2) is 5.76 Å². The number of nitrogens with one attached hydrogen (secondary N) is 1. The van der Waals surface area contributed by atoms with Gasteiger partial charge in [0.2, 0.25) is 5.91 Å². The van der Waals surface area contributed by atoms with Crippen molar-refractivity contribution in [3.05, 3.63) is 52.9 Å². The van der Waals surface area contributed by atoms with E-state index in [9.17, 15) is 4.79 Å². The van der Waals surface area contributed by atoms with Gasteiger partial charge in [0.05, 0.1) is 24.3 Å². The molecule has 2 heterocycles. The molecule has 1 saturated heterocycles. The average molecular weight is 328 g/mol. The lowest BCUT2D eigenvalue weighted by molar-refractivity contribution is -0.135. The van der Waals surface area contributed by atoms with Crippen molar-refractivity contribution in [1.82, 2.24) is 10.5 Å². The van der Waals surface area contributed by atoms with Gasteiger partial charge in [-0.15, -0.1) is 0 Å². The van der Waals surface area contributed by atoms with E-state index in [0.29, 0.717) is 18.9 Å². The van der Waals surface area contributed by atoms with Gasteiger partial charge in [-0.2, -0.15) is 0 Å². The Morgan fingerprint density at radius 1 is 1.33 bits per heavy atom. The summed E-state index contributed by atoms with van der Waals surface area (Å²) in [5.74, 6) is 0.522. The molecule has 2 aromatic rings. The Morgan fingerprint density at radius 2 is 2.12 bits per heavy atom. The Kier molecular flexibility index (Phi) is 5.30. The minimum absolute atomic E-state index is 0.00900. The van der Waals surface area contributed by atoms with Crippen molar-refractivity contribution in [3.8, 4) is 0 Å². The van der Waals surface area contributed by atoms with Gasteiger partial charge >= 0.3 is 0 Å². The first kappa shape index (κ1) is 16.7. The summed E-state index contributed by atoms with van der Waals surface area (Å²) in [4.78, 5) is 12.6. The van der Waals surface area contributed by atoms with Crippen molar-refractivity contribution in [2.45, 2.75) is 45.8 Å². The molecule has 0 bridgehead atoms. The van der Waals surface area contributed by atoms with Crippen LogP contribution in [0.4, 0.5) is 0 Å². The zero-order valence-electron chi connectivity index (χ0n) is 14.2. The molecule has 0 unspecified atom stereocenters. The van der Waals surface area contributed by atoms with Crippen LogP contribution in [0.2, 0.25) is 0 Å². The van der Waals surface area contributed by atoms with Crippen LogP contribution >= 0.6 is 0 Å². The van der Waals surface area contributed by atoms with Gasteiger partial charge in [-0.25, -0.2) is 0 Å². The highest BCUT2D eigenvalue weighted by molar-refractivity contribution is 5.79. The zero-order valence-corrected chi connectivity index (χ0v) is 14.2. The van der Waals surface area contributed by atoms with Gasteiger partial charge in [-0.1, -0.05) is 41.9 Å². The maximum absolute atomic E-state index is 12.6. The van der Waals surface area contributed by atoms with Crippen LogP contribution in [0.25, 0.3) is 0 Å². The summed E-state index contributed by atoms with van der Waals surface area (Å²) < 4.78 is 11.1. The van der Waals surface area contributed by atoms with Crippen LogP contribution in [0.15, 0.2) is 34.9 Å². The Labute approximate surface area is 142 Å². The molecule has 0 spiro atoms. The number of carbonyl (C=O) groups is 1. The van der Waals surface area contributed by atoms with Crippen LogP contribution in [0, 0.1) is 12.8 Å². The van der Waals surface area contributed by atoms with E-state index in [-0.39, 0.29) is 17.9 Å². The van der Waals surface area contributed by atoms with Crippen LogP contribution in [-0.2, 0) is 22.5 Å².